The minimum Gasteiger partial charge on any atom is -0.382 e. The predicted octanol–water partition coefficient (Wildman–Crippen LogP) is 2.88. The molecule has 0 bridgehead atoms. The Bertz CT molecular complexity index is 798. The fourth-order valence-electron chi connectivity index (χ4n) is 2.26. The molecule has 2 N–H and O–H groups in total. The van der Waals surface area contributed by atoms with Crippen LogP contribution in [0, 0.1) is 0 Å². The number of rotatable bonds is 3. The number of imidazole rings is 1. The maximum absolute atomic E-state index is 5.91. The van der Waals surface area contributed by atoms with E-state index < -0.39 is 0 Å². The van der Waals surface area contributed by atoms with Crippen molar-refractivity contribution in [2.45, 2.75) is 20.4 Å². The van der Waals surface area contributed by atoms with Crippen molar-refractivity contribution < 1.29 is 0 Å². The van der Waals surface area contributed by atoms with Crippen LogP contribution in [0.3, 0.4) is 0 Å². The van der Waals surface area contributed by atoms with Crippen LogP contribution < -0.4 is 5.73 Å². The van der Waals surface area contributed by atoms with Gasteiger partial charge < -0.3 is 10.3 Å². The van der Waals surface area contributed by atoms with Gasteiger partial charge in [-0.25, -0.2) is 15.0 Å². The Morgan fingerprint density at radius 1 is 1.19 bits per heavy atom. The summed E-state index contributed by atoms with van der Waals surface area (Å²) in [6.07, 6.45) is 3.51. The standard InChI is InChI=1S/C16H17N5/c1-11(2)8-13-20-14-15(17)18-10-19-16(14)21(13)9-12-6-4-3-5-7-12/h3-8,10H,9H2,1-2H3,(H2,17,18,19). The van der Waals surface area contributed by atoms with Crippen molar-refractivity contribution in [2.75, 3.05) is 5.73 Å². The van der Waals surface area contributed by atoms with E-state index in [4.69, 9.17) is 5.73 Å². The molecule has 0 unspecified atom stereocenters. The molecule has 2 heterocycles. The van der Waals surface area contributed by atoms with Gasteiger partial charge in [0, 0.05) is 0 Å². The van der Waals surface area contributed by atoms with E-state index in [2.05, 4.69) is 31.7 Å². The predicted molar refractivity (Wildman–Crippen MR) is 84.6 cm³/mol. The topological polar surface area (TPSA) is 69.6 Å². The molecule has 0 atom stereocenters. The fraction of sp³-hybridized carbons (Fsp3) is 0.188. The average molecular weight is 279 g/mol. The van der Waals surface area contributed by atoms with E-state index in [9.17, 15) is 0 Å². The second-order valence-electron chi connectivity index (χ2n) is 5.19. The summed E-state index contributed by atoms with van der Waals surface area (Å²) in [5.41, 5.74) is 9.70. The first-order chi connectivity index (χ1) is 10.1. The molecule has 0 amide bonds. The van der Waals surface area contributed by atoms with Crippen LogP contribution in [0.15, 0.2) is 42.2 Å². The first kappa shape index (κ1) is 13.3. The van der Waals surface area contributed by atoms with Crippen LogP contribution in [0.5, 0.6) is 0 Å². The maximum atomic E-state index is 5.91. The SMILES string of the molecule is CC(C)=Cc1nc2c(N)ncnc2n1Cc1ccccc1. The van der Waals surface area contributed by atoms with Crippen molar-refractivity contribution in [3.05, 3.63) is 53.6 Å². The van der Waals surface area contributed by atoms with E-state index in [-0.39, 0.29) is 0 Å². The lowest BCUT2D eigenvalue weighted by Crippen LogP contribution is -2.03. The Balaban J connectivity index is 2.18. The van der Waals surface area contributed by atoms with Crippen LogP contribution in [0.4, 0.5) is 5.82 Å². The highest BCUT2D eigenvalue weighted by molar-refractivity contribution is 5.83. The third-order valence-corrected chi connectivity index (χ3v) is 3.19. The number of nitrogen functional groups attached to an aromatic ring is 1. The zero-order valence-electron chi connectivity index (χ0n) is 12.1. The molecule has 1 aromatic carbocycles. The van der Waals surface area contributed by atoms with E-state index >= 15 is 0 Å². The first-order valence-electron chi connectivity index (χ1n) is 6.80. The van der Waals surface area contributed by atoms with Gasteiger partial charge in [0.15, 0.2) is 17.0 Å². The van der Waals surface area contributed by atoms with E-state index in [1.807, 2.05) is 38.1 Å². The molecule has 0 spiro atoms. The summed E-state index contributed by atoms with van der Waals surface area (Å²) in [6.45, 7) is 4.79. The van der Waals surface area contributed by atoms with E-state index in [1.165, 1.54) is 17.5 Å². The van der Waals surface area contributed by atoms with Gasteiger partial charge in [-0.05, 0) is 25.5 Å². The summed E-state index contributed by atoms with van der Waals surface area (Å²) < 4.78 is 2.07. The van der Waals surface area contributed by atoms with Gasteiger partial charge in [-0.3, -0.25) is 0 Å². The minimum atomic E-state index is 0.412. The zero-order chi connectivity index (χ0) is 14.8. The monoisotopic (exact) mass is 279 g/mol. The van der Waals surface area contributed by atoms with E-state index in [0.717, 1.165) is 11.5 Å². The van der Waals surface area contributed by atoms with Gasteiger partial charge in [0.2, 0.25) is 0 Å². The second-order valence-corrected chi connectivity index (χ2v) is 5.19. The molecule has 5 heteroatoms. The molecular weight excluding hydrogens is 262 g/mol. The van der Waals surface area contributed by atoms with Crippen LogP contribution in [0.1, 0.15) is 25.2 Å². The largest absolute Gasteiger partial charge is 0.382 e. The Labute approximate surface area is 123 Å². The minimum absolute atomic E-state index is 0.412. The number of anilines is 1. The van der Waals surface area contributed by atoms with Gasteiger partial charge in [0.05, 0.1) is 6.54 Å². The van der Waals surface area contributed by atoms with Crippen molar-refractivity contribution in [1.82, 2.24) is 19.5 Å². The Morgan fingerprint density at radius 2 is 1.95 bits per heavy atom. The highest BCUT2D eigenvalue weighted by Gasteiger charge is 2.13. The molecule has 0 fully saturated rings. The first-order valence-corrected chi connectivity index (χ1v) is 6.80. The molecular formula is C16H17N5. The lowest BCUT2D eigenvalue weighted by atomic mass is 10.2. The van der Waals surface area contributed by atoms with Crippen LogP contribution in [0.25, 0.3) is 17.2 Å². The molecule has 106 valence electrons. The molecule has 0 aliphatic carbocycles. The number of nitrogens with zero attached hydrogens (tertiary/aromatic N) is 4. The quantitative estimate of drug-likeness (QED) is 0.800. The lowest BCUT2D eigenvalue weighted by Gasteiger charge is -2.07. The summed E-state index contributed by atoms with van der Waals surface area (Å²) in [6, 6.07) is 10.2. The van der Waals surface area contributed by atoms with Gasteiger partial charge in [-0.1, -0.05) is 35.9 Å². The van der Waals surface area contributed by atoms with E-state index in [1.54, 1.807) is 0 Å². The molecule has 3 rings (SSSR count). The summed E-state index contributed by atoms with van der Waals surface area (Å²) >= 11 is 0. The Hall–Kier alpha value is -2.69. The van der Waals surface area contributed by atoms with Gasteiger partial charge in [0.1, 0.15) is 12.2 Å². The normalized spacial score (nSPS) is 10.8. The van der Waals surface area contributed by atoms with Crippen molar-refractivity contribution in [3.63, 3.8) is 0 Å². The average Bonchev–Trinajstić information content (AvgIpc) is 2.79. The zero-order valence-corrected chi connectivity index (χ0v) is 12.1. The van der Waals surface area contributed by atoms with Crippen LogP contribution in [-0.4, -0.2) is 19.5 Å². The number of aromatic nitrogens is 4. The van der Waals surface area contributed by atoms with E-state index in [0.29, 0.717) is 17.9 Å². The molecule has 5 nitrogen and oxygen atoms in total. The smallest absolute Gasteiger partial charge is 0.166 e. The van der Waals surface area contributed by atoms with Crippen molar-refractivity contribution in [3.8, 4) is 0 Å². The molecule has 0 saturated heterocycles. The molecule has 0 radical (unpaired) electrons. The lowest BCUT2D eigenvalue weighted by molar-refractivity contribution is 0.802. The summed E-state index contributed by atoms with van der Waals surface area (Å²) in [5.74, 6) is 1.26. The fourth-order valence-corrected chi connectivity index (χ4v) is 2.26. The molecule has 21 heavy (non-hydrogen) atoms. The number of nitrogens with two attached hydrogens (primary N) is 1. The molecule has 0 aliphatic heterocycles. The number of allylic oxidation sites excluding steroid dienone is 1. The second kappa shape index (κ2) is 5.36. The number of benzene rings is 1. The number of fused-ring (bicyclic) bond motifs is 1. The van der Waals surface area contributed by atoms with Crippen LogP contribution in [-0.2, 0) is 6.54 Å². The van der Waals surface area contributed by atoms with Gasteiger partial charge in [-0.15, -0.1) is 0 Å². The highest BCUT2D eigenvalue weighted by Crippen LogP contribution is 2.21. The van der Waals surface area contributed by atoms with Crippen LogP contribution >= 0.6 is 0 Å². The summed E-state index contributed by atoms with van der Waals surface area (Å²) in [4.78, 5) is 12.9. The van der Waals surface area contributed by atoms with Crippen molar-refractivity contribution in [2.24, 2.45) is 0 Å². The van der Waals surface area contributed by atoms with Gasteiger partial charge in [0.25, 0.3) is 0 Å². The van der Waals surface area contributed by atoms with Gasteiger partial charge >= 0.3 is 0 Å². The Morgan fingerprint density at radius 3 is 2.67 bits per heavy atom. The summed E-state index contributed by atoms with van der Waals surface area (Å²) in [5, 5.41) is 0. The number of hydrogen-bond acceptors (Lipinski definition) is 4. The Kier molecular flexibility index (Phi) is 3.39. The third kappa shape index (κ3) is 2.63. The third-order valence-electron chi connectivity index (χ3n) is 3.19. The molecule has 0 saturated carbocycles. The molecule has 2 aromatic heterocycles. The molecule has 3 aromatic rings. The highest BCUT2D eigenvalue weighted by atomic mass is 15.1. The van der Waals surface area contributed by atoms with Crippen molar-refractivity contribution >= 4 is 23.1 Å². The number of hydrogen-bond donors (Lipinski definition) is 1. The maximum Gasteiger partial charge on any atom is 0.166 e. The summed E-state index contributed by atoms with van der Waals surface area (Å²) in [7, 11) is 0. The van der Waals surface area contributed by atoms with Crippen LogP contribution in [0.2, 0.25) is 0 Å². The van der Waals surface area contributed by atoms with Gasteiger partial charge in [-0.2, -0.15) is 0 Å². The molecule has 0 aliphatic rings. The van der Waals surface area contributed by atoms with Crippen molar-refractivity contribution in [1.29, 1.82) is 0 Å².